The van der Waals surface area contributed by atoms with Crippen molar-refractivity contribution in [2.24, 2.45) is 0 Å². The molecule has 0 amide bonds. The molecule has 0 radical (unpaired) electrons. The average Bonchev–Trinajstić information content (AvgIpc) is 2.58. The monoisotopic (exact) mass is 245 g/mol. The van der Waals surface area contributed by atoms with E-state index in [1.807, 2.05) is 0 Å². The molecule has 2 heterocycles. The number of hydrogen-bond acceptors (Lipinski definition) is 3. The first-order valence-electron chi connectivity index (χ1n) is 4.97. The van der Waals surface area contributed by atoms with Crippen molar-refractivity contribution in [3.8, 4) is 0 Å². The van der Waals surface area contributed by atoms with Gasteiger partial charge in [0.1, 0.15) is 11.6 Å². The zero-order valence-corrected chi connectivity index (χ0v) is 10.0. The fraction of sp³-hybridized carbons (Fsp3) is 0.500. The molecule has 0 aliphatic carbocycles. The molecule has 15 heavy (non-hydrogen) atoms. The number of halogens is 2. The number of aromatic nitrogens is 1. The van der Waals surface area contributed by atoms with Gasteiger partial charge in [-0.25, -0.2) is 4.98 Å². The Hall–Kier alpha value is -0.670. The van der Waals surface area contributed by atoms with E-state index in [9.17, 15) is 0 Å². The molecule has 2 rings (SSSR count). The van der Waals surface area contributed by atoms with Gasteiger partial charge in [-0.05, 0) is 25.8 Å². The van der Waals surface area contributed by atoms with Crippen molar-refractivity contribution in [3.63, 3.8) is 0 Å². The fourth-order valence-corrected chi connectivity index (χ4v) is 2.39. The number of pyridine rings is 1. The second-order valence-electron chi connectivity index (χ2n) is 3.85. The molecule has 82 valence electrons. The van der Waals surface area contributed by atoms with Crippen molar-refractivity contribution in [2.45, 2.75) is 25.8 Å². The molecule has 0 bridgehead atoms. The van der Waals surface area contributed by atoms with Crippen LogP contribution in [0.15, 0.2) is 6.07 Å². The summed E-state index contributed by atoms with van der Waals surface area (Å²) < 4.78 is 0. The largest absolute Gasteiger partial charge is 0.382 e. The molecule has 1 aromatic rings. The van der Waals surface area contributed by atoms with E-state index in [1.165, 1.54) is 12.8 Å². The lowest BCUT2D eigenvalue weighted by molar-refractivity contribution is 0.728. The molecular formula is C10H13Cl2N3. The van der Waals surface area contributed by atoms with E-state index in [2.05, 4.69) is 16.8 Å². The standard InChI is InChI=1S/C10H13Cl2N3/c1-6-3-2-4-15(6)10-8(12)5-7(11)9(13)14-10/h5-6H,2-4H2,1H3,(H2,13,14). The van der Waals surface area contributed by atoms with Crippen molar-refractivity contribution in [3.05, 3.63) is 16.1 Å². The van der Waals surface area contributed by atoms with Gasteiger partial charge in [0, 0.05) is 12.6 Å². The Morgan fingerprint density at radius 3 is 2.80 bits per heavy atom. The van der Waals surface area contributed by atoms with Crippen molar-refractivity contribution >= 4 is 34.8 Å². The summed E-state index contributed by atoms with van der Waals surface area (Å²) in [6.45, 7) is 3.14. The van der Waals surface area contributed by atoms with Crippen LogP contribution in [0.2, 0.25) is 10.0 Å². The minimum atomic E-state index is 0.343. The van der Waals surface area contributed by atoms with Gasteiger partial charge in [-0.1, -0.05) is 23.2 Å². The lowest BCUT2D eigenvalue weighted by atomic mass is 10.2. The van der Waals surface area contributed by atoms with E-state index in [1.54, 1.807) is 6.07 Å². The average molecular weight is 246 g/mol. The van der Waals surface area contributed by atoms with Crippen molar-refractivity contribution in [1.29, 1.82) is 0 Å². The van der Waals surface area contributed by atoms with Gasteiger partial charge in [0.15, 0.2) is 0 Å². The first-order valence-corrected chi connectivity index (χ1v) is 5.73. The minimum Gasteiger partial charge on any atom is -0.382 e. The highest BCUT2D eigenvalue weighted by Crippen LogP contribution is 2.33. The van der Waals surface area contributed by atoms with E-state index in [0.717, 1.165) is 12.4 Å². The van der Waals surface area contributed by atoms with Gasteiger partial charge < -0.3 is 10.6 Å². The van der Waals surface area contributed by atoms with Crippen LogP contribution in [0.3, 0.4) is 0 Å². The summed E-state index contributed by atoms with van der Waals surface area (Å²) in [5.74, 6) is 1.10. The highest BCUT2D eigenvalue weighted by atomic mass is 35.5. The van der Waals surface area contributed by atoms with Gasteiger partial charge in [-0.3, -0.25) is 0 Å². The summed E-state index contributed by atoms with van der Waals surface area (Å²) in [5, 5.41) is 0.985. The number of nitrogens with two attached hydrogens (primary N) is 1. The van der Waals surface area contributed by atoms with Gasteiger partial charge in [0.05, 0.1) is 10.0 Å². The van der Waals surface area contributed by atoms with Crippen molar-refractivity contribution in [2.75, 3.05) is 17.2 Å². The molecule has 1 aliphatic heterocycles. The van der Waals surface area contributed by atoms with Crippen LogP contribution in [0.25, 0.3) is 0 Å². The van der Waals surface area contributed by atoms with Crippen LogP contribution >= 0.6 is 23.2 Å². The van der Waals surface area contributed by atoms with Gasteiger partial charge in [0.25, 0.3) is 0 Å². The molecule has 2 N–H and O–H groups in total. The van der Waals surface area contributed by atoms with Gasteiger partial charge in [-0.15, -0.1) is 0 Å². The number of nitrogen functional groups attached to an aromatic ring is 1. The Morgan fingerprint density at radius 1 is 1.47 bits per heavy atom. The van der Waals surface area contributed by atoms with Gasteiger partial charge >= 0.3 is 0 Å². The normalized spacial score (nSPS) is 21.0. The predicted octanol–water partition coefficient (Wildman–Crippen LogP) is 2.96. The molecule has 1 atom stereocenters. The topological polar surface area (TPSA) is 42.2 Å². The smallest absolute Gasteiger partial charge is 0.150 e. The molecule has 1 saturated heterocycles. The van der Waals surface area contributed by atoms with Crippen molar-refractivity contribution < 1.29 is 0 Å². The molecule has 0 aromatic carbocycles. The quantitative estimate of drug-likeness (QED) is 0.828. The lowest BCUT2D eigenvalue weighted by Crippen LogP contribution is -2.27. The Bertz CT molecular complexity index is 381. The molecule has 1 fully saturated rings. The summed E-state index contributed by atoms with van der Waals surface area (Å²) in [7, 11) is 0. The van der Waals surface area contributed by atoms with Crippen LogP contribution in [-0.2, 0) is 0 Å². The molecule has 0 saturated carbocycles. The molecule has 3 nitrogen and oxygen atoms in total. The number of rotatable bonds is 1. The first-order chi connectivity index (χ1) is 7.09. The van der Waals surface area contributed by atoms with Gasteiger partial charge in [-0.2, -0.15) is 0 Å². The SMILES string of the molecule is CC1CCCN1c1nc(N)c(Cl)cc1Cl. The second kappa shape index (κ2) is 4.06. The third-order valence-electron chi connectivity index (χ3n) is 2.76. The highest BCUT2D eigenvalue weighted by molar-refractivity contribution is 6.37. The summed E-state index contributed by atoms with van der Waals surface area (Å²) >= 11 is 11.9. The van der Waals surface area contributed by atoms with Crippen LogP contribution in [0.1, 0.15) is 19.8 Å². The summed E-state index contributed by atoms with van der Waals surface area (Å²) in [6, 6.07) is 2.13. The number of nitrogens with zero attached hydrogens (tertiary/aromatic N) is 2. The predicted molar refractivity (Wildman–Crippen MR) is 64.7 cm³/mol. The Morgan fingerprint density at radius 2 is 2.20 bits per heavy atom. The molecule has 1 aliphatic rings. The Kier molecular flexibility index (Phi) is 2.94. The zero-order chi connectivity index (χ0) is 11.0. The third kappa shape index (κ3) is 1.99. The first kappa shape index (κ1) is 10.8. The maximum absolute atomic E-state index is 6.10. The van der Waals surface area contributed by atoms with Crippen LogP contribution < -0.4 is 10.6 Å². The Labute approximate surface area is 99.2 Å². The minimum absolute atomic E-state index is 0.343. The molecule has 1 unspecified atom stereocenters. The van der Waals surface area contributed by atoms with E-state index in [4.69, 9.17) is 28.9 Å². The Balaban J connectivity index is 2.39. The van der Waals surface area contributed by atoms with Crippen LogP contribution in [0.4, 0.5) is 11.6 Å². The maximum atomic E-state index is 6.10. The van der Waals surface area contributed by atoms with Gasteiger partial charge in [0.2, 0.25) is 0 Å². The molecule has 1 aromatic heterocycles. The van der Waals surface area contributed by atoms with E-state index in [0.29, 0.717) is 21.9 Å². The van der Waals surface area contributed by atoms with E-state index < -0.39 is 0 Å². The lowest BCUT2D eigenvalue weighted by Gasteiger charge is -2.23. The number of anilines is 2. The fourth-order valence-electron chi connectivity index (χ4n) is 1.92. The maximum Gasteiger partial charge on any atom is 0.150 e. The van der Waals surface area contributed by atoms with E-state index in [-0.39, 0.29) is 0 Å². The molecule has 0 spiro atoms. The summed E-state index contributed by atoms with van der Waals surface area (Å²) in [6.07, 6.45) is 2.34. The summed E-state index contributed by atoms with van der Waals surface area (Å²) in [4.78, 5) is 6.42. The molecule has 5 heteroatoms. The summed E-state index contributed by atoms with van der Waals surface area (Å²) in [5.41, 5.74) is 5.67. The second-order valence-corrected chi connectivity index (χ2v) is 4.66. The van der Waals surface area contributed by atoms with Crippen LogP contribution in [-0.4, -0.2) is 17.6 Å². The highest BCUT2D eigenvalue weighted by Gasteiger charge is 2.24. The van der Waals surface area contributed by atoms with Crippen molar-refractivity contribution in [1.82, 2.24) is 4.98 Å². The van der Waals surface area contributed by atoms with E-state index >= 15 is 0 Å². The van der Waals surface area contributed by atoms with Crippen LogP contribution in [0.5, 0.6) is 0 Å². The zero-order valence-electron chi connectivity index (χ0n) is 8.50. The number of hydrogen-bond donors (Lipinski definition) is 1. The van der Waals surface area contributed by atoms with Crippen LogP contribution in [0, 0.1) is 0 Å². The third-order valence-corrected chi connectivity index (χ3v) is 3.34. The molecular weight excluding hydrogens is 233 g/mol.